The van der Waals surface area contributed by atoms with E-state index in [2.05, 4.69) is 56.2 Å². The van der Waals surface area contributed by atoms with Gasteiger partial charge in [0.25, 0.3) is 23.6 Å². The summed E-state index contributed by atoms with van der Waals surface area (Å²) in [6, 6.07) is 70.8. The average molecular weight is 2030 g/mol. The summed E-state index contributed by atoms with van der Waals surface area (Å²) in [5, 5.41) is 10.4. The summed E-state index contributed by atoms with van der Waals surface area (Å²) in [6.07, 6.45) is -2.20. The van der Waals surface area contributed by atoms with Crippen molar-refractivity contribution in [2.24, 2.45) is 0 Å². The lowest BCUT2D eigenvalue weighted by Gasteiger charge is -2.21. The third kappa shape index (κ3) is 20.4. The highest BCUT2D eigenvalue weighted by Gasteiger charge is 2.52. The fourth-order valence-corrected chi connectivity index (χ4v) is 18.8. The Hall–Kier alpha value is -18.0. The van der Waals surface area contributed by atoms with Gasteiger partial charge in [0.2, 0.25) is 29.6 Å². The van der Waals surface area contributed by atoms with Gasteiger partial charge in [-0.25, -0.2) is 43.6 Å². The molecule has 0 bridgehead atoms. The average Bonchev–Trinajstić information content (AvgIpc) is 1.59. The number of rotatable bonds is 17. The number of carbonyl (C=O) groups is 8. The maximum atomic E-state index is 13.9. The molecule has 0 spiro atoms. The highest BCUT2D eigenvalue weighted by molar-refractivity contribution is 6.19. The second-order valence-corrected chi connectivity index (χ2v) is 37.9. The van der Waals surface area contributed by atoms with Gasteiger partial charge in [-0.15, -0.1) is 0 Å². The van der Waals surface area contributed by atoms with Crippen LogP contribution in [0.3, 0.4) is 0 Å². The molecule has 0 saturated carbocycles. The Morgan fingerprint density at radius 3 is 0.960 bits per heavy atom. The lowest BCUT2D eigenvalue weighted by molar-refractivity contribution is -0.138. The molecule has 4 aliphatic rings. The number of hydrogen-bond acceptors (Lipinski definition) is 15. The fourth-order valence-electron chi connectivity index (χ4n) is 18.8. The number of carbonyl (C=O) groups excluding carboxylic acids is 8. The number of nitrogens with zero attached hydrogens (tertiary/aromatic N) is 11. The number of alkyl halides is 10. The number of fused-ring (bicyclic) bond motifs is 4. The summed E-state index contributed by atoms with van der Waals surface area (Å²) in [7, 11) is 0. The second-order valence-electron chi connectivity index (χ2n) is 37.9. The number of aromatic nitrogens is 7. The van der Waals surface area contributed by atoms with Gasteiger partial charge < -0.3 is 21.3 Å². The summed E-state index contributed by atoms with van der Waals surface area (Å²) in [4.78, 5) is 142. The molecule has 23 nitrogen and oxygen atoms in total. The van der Waals surface area contributed by atoms with E-state index in [9.17, 15) is 86.7 Å². The predicted molar refractivity (Wildman–Crippen MR) is 550 cm³/mol. The fraction of sp³-hybridized carbons (Fsp3) is 0.164. The Morgan fingerprint density at radius 2 is 0.627 bits per heavy atom. The number of pyridine rings is 1. The molecule has 8 heterocycles. The molecule has 0 saturated heterocycles. The van der Waals surface area contributed by atoms with Crippen LogP contribution in [-0.2, 0) is 66.0 Å². The minimum Gasteiger partial charge on any atom is -0.322 e. The maximum Gasteiger partial charge on any atom is 0.417 e. The molecule has 0 atom stereocenters. The molecule has 0 aliphatic carbocycles. The first-order chi connectivity index (χ1) is 71.2. The molecule has 0 fully saturated rings. The Morgan fingerprint density at radius 1 is 0.307 bits per heavy atom. The number of halogens is 11. The molecule has 0 radical (unpaired) electrons. The van der Waals surface area contributed by atoms with Gasteiger partial charge in [0.15, 0.2) is 5.82 Å². The monoisotopic (exact) mass is 2030 g/mol. The van der Waals surface area contributed by atoms with Crippen LogP contribution in [0.4, 0.5) is 117 Å². The van der Waals surface area contributed by atoms with E-state index in [0.717, 1.165) is 69.4 Å². The van der Waals surface area contributed by atoms with Gasteiger partial charge in [-0.05, 0) is 300 Å². The van der Waals surface area contributed by atoms with Gasteiger partial charge in [0.05, 0.1) is 84.0 Å². The lowest BCUT2D eigenvalue weighted by Crippen LogP contribution is -2.34. The summed E-state index contributed by atoms with van der Waals surface area (Å²) < 4.78 is 152. The van der Waals surface area contributed by atoms with Gasteiger partial charge in [-0.3, -0.25) is 58.0 Å². The highest BCUT2D eigenvalue weighted by Crippen LogP contribution is 2.56. The van der Waals surface area contributed by atoms with Crippen LogP contribution in [0.5, 0.6) is 0 Å². The van der Waals surface area contributed by atoms with E-state index in [1.165, 1.54) is 101 Å². The van der Waals surface area contributed by atoms with Crippen LogP contribution in [0.2, 0.25) is 0 Å². The number of aryl methyl sites for hydroxylation is 3. The first-order valence-electron chi connectivity index (χ1n) is 46.9. The normalized spacial score (nSPS) is 14.3. The molecular formula is C116H92F11N15O8. The topological polar surface area (TPSA) is 288 Å². The smallest absolute Gasteiger partial charge is 0.322 e. The van der Waals surface area contributed by atoms with Crippen LogP contribution in [0.15, 0.2) is 323 Å². The number of benzene rings is 12. The first-order valence-corrected chi connectivity index (χ1v) is 46.9. The van der Waals surface area contributed by atoms with Gasteiger partial charge >= 0.3 is 18.5 Å². The van der Waals surface area contributed by atoms with Crippen LogP contribution in [-0.4, -0.2) is 82.1 Å². The molecule has 12 aromatic carbocycles. The van der Waals surface area contributed by atoms with Crippen LogP contribution in [0.25, 0.3) is 44.5 Å². The molecule has 4 N–H and O–H groups in total. The van der Waals surface area contributed by atoms with E-state index < -0.39 is 104 Å². The van der Waals surface area contributed by atoms with Crippen molar-refractivity contribution in [1.29, 1.82) is 0 Å². The standard InChI is InChI=1S/C29H21F4N3O2.2C29H23F3N4O2.C29H25FN4O2/c1-28(2)25-20(6-5-7-23(25)36(27(28)38)24-8-3-4-15-34-24)17-9-14-22(29(31,32)33)21(16-17)26(37)35-19-12-10-18(30)11-13-19;1-17-8-11-19(12-9-17)35-25(37)21-16-18(10-13-22(21)29(30,31)32)20-6-4-7-23-24(20)28(2,3)26(38)36(23)27-33-14-5-15-34-27;1-17-7-10-19(11-8-17)35-26(37)21-15-18(9-12-22(21)29(30,31)32)20-5-4-6-23-25(20)28(2,3)27(38)36(23)24-16-33-13-14-34-24;1-18-7-11-21(12-8-18)33-27(35)23-15-19(9-10-20(23)16-30)22-5-4-6-24-26(22)29(2,3)28(36)34(24)25-13-14-31-17-32-25/h3-16H,1-2H3,(H,35,37);2*4-16H,1-3H3,(H,35,37);4-15,17H,16H2,1-3H3,(H,33,35). The molecule has 20 rings (SSSR count). The molecule has 0 unspecified atom stereocenters. The lowest BCUT2D eigenvalue weighted by atomic mass is 9.81. The summed E-state index contributed by atoms with van der Waals surface area (Å²) >= 11 is 0. The van der Waals surface area contributed by atoms with Crippen molar-refractivity contribution in [3.63, 3.8) is 0 Å². The number of hydrogen-bond donors (Lipinski definition) is 4. The summed E-state index contributed by atoms with van der Waals surface area (Å²) in [5.41, 5.74) is 5.60. The predicted octanol–water partition coefficient (Wildman–Crippen LogP) is 26.6. The van der Waals surface area contributed by atoms with E-state index in [4.69, 9.17) is 0 Å². The first kappa shape index (κ1) is 103. The van der Waals surface area contributed by atoms with Crippen LogP contribution >= 0.6 is 0 Å². The second kappa shape index (κ2) is 40.8. The largest absolute Gasteiger partial charge is 0.417 e. The molecule has 8 amide bonds. The Labute approximate surface area is 853 Å². The third-order valence-electron chi connectivity index (χ3n) is 26.3. The molecule has 4 aromatic heterocycles. The van der Waals surface area contributed by atoms with Crippen molar-refractivity contribution in [3.05, 3.63) is 412 Å². The molecule has 150 heavy (non-hydrogen) atoms. The summed E-state index contributed by atoms with van der Waals surface area (Å²) in [5.74, 6) is -3.10. The zero-order valence-corrected chi connectivity index (χ0v) is 82.1. The third-order valence-corrected chi connectivity index (χ3v) is 26.3. The zero-order chi connectivity index (χ0) is 107. The van der Waals surface area contributed by atoms with Crippen molar-refractivity contribution in [1.82, 2.24) is 34.9 Å². The van der Waals surface area contributed by atoms with Crippen LogP contribution < -0.4 is 40.9 Å². The number of amides is 8. The van der Waals surface area contributed by atoms with Crippen LogP contribution in [0, 0.1) is 26.6 Å². The molecular weight excluding hydrogens is 1940 g/mol. The number of anilines is 12. The Bertz CT molecular complexity index is 7420. The number of nitrogens with one attached hydrogen (secondary N) is 4. The van der Waals surface area contributed by atoms with Crippen molar-refractivity contribution >= 4 is 116 Å². The van der Waals surface area contributed by atoms with Crippen molar-refractivity contribution < 1.29 is 86.7 Å². The quantitative estimate of drug-likeness (QED) is 0.0616. The SMILES string of the molecule is CC1(C)C(=O)N(c2ccccn2)c2cccc(-c3ccc(C(F)(F)F)c(C(=O)Nc4ccc(F)cc4)c3)c21.Cc1ccc(NC(=O)c2cc(-c3cccc4c3C(C)(C)C(=O)N4c3ccncn3)ccc2CF)cc1.Cc1ccc(NC(=O)c2cc(-c3cccc4c3C(C)(C)C(=O)N4c3cnccn3)ccc2C(F)(F)F)cc1.Cc1ccc(NC(=O)c2cc(-c3cccc4c3C(C)(C)C(=O)N4c3ncccn3)ccc2C(F)(F)F)cc1. The minimum atomic E-state index is -4.79. The maximum absolute atomic E-state index is 13.9. The summed E-state index contributed by atoms with van der Waals surface area (Å²) in [6.45, 7) is 19.2. The van der Waals surface area contributed by atoms with E-state index in [1.54, 1.807) is 210 Å². The van der Waals surface area contributed by atoms with Crippen molar-refractivity contribution in [2.45, 2.75) is 123 Å². The van der Waals surface area contributed by atoms with Gasteiger partial charge in [-0.2, -0.15) is 39.5 Å². The zero-order valence-electron chi connectivity index (χ0n) is 82.1. The van der Waals surface area contributed by atoms with Crippen molar-refractivity contribution in [3.8, 4) is 44.5 Å². The molecule has 16 aromatic rings. The minimum absolute atomic E-state index is 0.110. The molecule has 4 aliphatic heterocycles. The Kier molecular flexibility index (Phi) is 28.1. The van der Waals surface area contributed by atoms with E-state index >= 15 is 0 Å². The van der Waals surface area contributed by atoms with Gasteiger partial charge in [0.1, 0.15) is 30.5 Å². The van der Waals surface area contributed by atoms with Gasteiger partial charge in [-0.1, -0.05) is 138 Å². The van der Waals surface area contributed by atoms with E-state index in [0.29, 0.717) is 107 Å². The van der Waals surface area contributed by atoms with Crippen molar-refractivity contribution in [2.75, 3.05) is 40.9 Å². The van der Waals surface area contributed by atoms with Gasteiger partial charge in [0, 0.05) is 65.5 Å². The Balaban J connectivity index is 0.000000136. The highest BCUT2D eigenvalue weighted by atomic mass is 19.4. The van der Waals surface area contributed by atoms with E-state index in [1.807, 2.05) is 77.1 Å². The van der Waals surface area contributed by atoms with E-state index in [-0.39, 0.29) is 46.7 Å². The molecule has 756 valence electrons. The molecule has 34 heteroatoms. The van der Waals surface area contributed by atoms with Crippen LogP contribution in [0.1, 0.15) is 158 Å².